The van der Waals surface area contributed by atoms with E-state index in [4.69, 9.17) is 0 Å². The van der Waals surface area contributed by atoms with Gasteiger partial charge in [0.05, 0.1) is 6.20 Å². The molecule has 0 aromatic carbocycles. The van der Waals surface area contributed by atoms with Gasteiger partial charge in [0, 0.05) is 19.3 Å². The zero-order valence-electron chi connectivity index (χ0n) is 12.8. The average molecular weight is 273 g/mol. The van der Waals surface area contributed by atoms with Crippen molar-refractivity contribution in [1.82, 2.24) is 15.1 Å². The average Bonchev–Trinajstić information content (AvgIpc) is 2.80. The monoisotopic (exact) mass is 273 g/mol. The summed E-state index contributed by atoms with van der Waals surface area (Å²) in [4.78, 5) is 0. The van der Waals surface area contributed by atoms with Crippen LogP contribution in [0.4, 0.5) is 0 Å². The Morgan fingerprint density at radius 1 is 1.35 bits per heavy atom. The highest BCUT2D eigenvalue weighted by Crippen LogP contribution is 2.70. The highest BCUT2D eigenvalue weighted by Gasteiger charge is 2.66. The van der Waals surface area contributed by atoms with Crippen LogP contribution in [0.2, 0.25) is 0 Å². The minimum absolute atomic E-state index is 0.692. The molecule has 3 heteroatoms. The Bertz CT molecular complexity index is 464. The third-order valence-electron chi connectivity index (χ3n) is 6.13. The fraction of sp³-hybridized carbons (Fsp3) is 0.824. The number of nitrogens with one attached hydrogen (secondary N) is 1. The molecule has 1 N–H and O–H groups in total. The van der Waals surface area contributed by atoms with E-state index in [0.717, 1.165) is 36.1 Å². The number of aromatic nitrogens is 2. The highest BCUT2D eigenvalue weighted by molar-refractivity contribution is 5.18. The summed E-state index contributed by atoms with van der Waals surface area (Å²) in [6.45, 7) is 3.43. The first kappa shape index (κ1) is 12.9. The van der Waals surface area contributed by atoms with Crippen molar-refractivity contribution in [2.75, 3.05) is 6.54 Å². The SMILES string of the molecule is CCCNC(Cc1cnn(C)c1)C1C2C3CCC(C3)C21. The molecule has 4 rings (SSSR count). The van der Waals surface area contributed by atoms with Crippen LogP contribution < -0.4 is 5.32 Å². The van der Waals surface area contributed by atoms with E-state index in [1.165, 1.54) is 31.2 Å². The van der Waals surface area contributed by atoms with Gasteiger partial charge in [-0.1, -0.05) is 6.92 Å². The van der Waals surface area contributed by atoms with Crippen molar-refractivity contribution < 1.29 is 0 Å². The van der Waals surface area contributed by atoms with Gasteiger partial charge in [-0.25, -0.2) is 0 Å². The quantitative estimate of drug-likeness (QED) is 0.863. The lowest BCUT2D eigenvalue weighted by Gasteiger charge is -2.21. The van der Waals surface area contributed by atoms with Gasteiger partial charge in [0.25, 0.3) is 0 Å². The third-order valence-corrected chi connectivity index (χ3v) is 6.13. The molecule has 1 heterocycles. The van der Waals surface area contributed by atoms with Gasteiger partial charge in [-0.05, 0) is 73.8 Å². The van der Waals surface area contributed by atoms with Gasteiger partial charge in [0.15, 0.2) is 0 Å². The summed E-state index contributed by atoms with van der Waals surface area (Å²) in [7, 11) is 2.02. The summed E-state index contributed by atoms with van der Waals surface area (Å²) in [5.74, 6) is 5.26. The van der Waals surface area contributed by atoms with Gasteiger partial charge >= 0.3 is 0 Å². The second kappa shape index (κ2) is 4.87. The predicted molar refractivity (Wildman–Crippen MR) is 80.3 cm³/mol. The van der Waals surface area contributed by atoms with Crippen molar-refractivity contribution in [2.24, 2.45) is 36.6 Å². The van der Waals surface area contributed by atoms with E-state index in [9.17, 15) is 0 Å². The standard InChI is InChI=1S/C17H27N3/c1-3-6-18-14(7-11-9-19-20(2)10-11)17-15-12-4-5-13(8-12)16(15)17/h9-10,12-18H,3-8H2,1-2H3. The van der Waals surface area contributed by atoms with E-state index in [1.807, 2.05) is 17.9 Å². The third kappa shape index (κ3) is 2.02. The smallest absolute Gasteiger partial charge is 0.0522 e. The molecule has 1 aromatic rings. The number of rotatable bonds is 6. The lowest BCUT2D eigenvalue weighted by atomic mass is 9.94. The Morgan fingerprint density at radius 3 is 2.70 bits per heavy atom. The Kier molecular flexibility index (Phi) is 3.13. The van der Waals surface area contributed by atoms with Crippen LogP contribution >= 0.6 is 0 Å². The number of aryl methyl sites for hydroxylation is 1. The molecule has 3 aliphatic rings. The highest BCUT2D eigenvalue weighted by atomic mass is 15.2. The van der Waals surface area contributed by atoms with Gasteiger partial charge < -0.3 is 5.32 Å². The first-order valence-corrected chi connectivity index (χ1v) is 8.49. The van der Waals surface area contributed by atoms with Crippen molar-refractivity contribution in [3.8, 4) is 0 Å². The Balaban J connectivity index is 1.46. The molecule has 110 valence electrons. The van der Waals surface area contributed by atoms with Gasteiger partial charge in [-0.2, -0.15) is 5.10 Å². The van der Waals surface area contributed by atoms with Crippen LogP contribution in [0.15, 0.2) is 12.4 Å². The van der Waals surface area contributed by atoms with Crippen LogP contribution in [0.5, 0.6) is 0 Å². The summed E-state index contributed by atoms with van der Waals surface area (Å²) in [6.07, 6.45) is 11.2. The maximum absolute atomic E-state index is 4.33. The first-order valence-electron chi connectivity index (χ1n) is 8.49. The number of hydrogen-bond donors (Lipinski definition) is 1. The van der Waals surface area contributed by atoms with Crippen LogP contribution in [0, 0.1) is 29.6 Å². The van der Waals surface area contributed by atoms with E-state index in [-0.39, 0.29) is 0 Å². The van der Waals surface area contributed by atoms with Crippen molar-refractivity contribution in [1.29, 1.82) is 0 Å². The molecule has 2 bridgehead atoms. The second-order valence-electron chi connectivity index (χ2n) is 7.35. The molecule has 0 radical (unpaired) electrons. The molecule has 5 unspecified atom stereocenters. The molecule has 20 heavy (non-hydrogen) atoms. The van der Waals surface area contributed by atoms with Crippen molar-refractivity contribution in [2.45, 2.75) is 45.1 Å². The van der Waals surface area contributed by atoms with E-state index >= 15 is 0 Å². The fourth-order valence-corrected chi connectivity index (χ4v) is 5.44. The van der Waals surface area contributed by atoms with Crippen LogP contribution in [0.25, 0.3) is 0 Å². The van der Waals surface area contributed by atoms with Crippen LogP contribution in [-0.4, -0.2) is 22.4 Å². The second-order valence-corrected chi connectivity index (χ2v) is 7.35. The van der Waals surface area contributed by atoms with Crippen molar-refractivity contribution >= 4 is 0 Å². The summed E-state index contributed by atoms with van der Waals surface area (Å²) in [5, 5.41) is 8.18. The Hall–Kier alpha value is -0.830. The molecule has 3 nitrogen and oxygen atoms in total. The van der Waals surface area contributed by atoms with E-state index in [0.29, 0.717) is 6.04 Å². The molecule has 0 amide bonds. The van der Waals surface area contributed by atoms with Crippen LogP contribution in [-0.2, 0) is 13.5 Å². The maximum atomic E-state index is 4.33. The lowest BCUT2D eigenvalue weighted by molar-refractivity contribution is 0.361. The normalized spacial score (nSPS) is 39.0. The van der Waals surface area contributed by atoms with Gasteiger partial charge in [-0.3, -0.25) is 4.68 Å². The van der Waals surface area contributed by atoms with E-state index in [2.05, 4.69) is 23.5 Å². The molecule has 3 saturated carbocycles. The minimum Gasteiger partial charge on any atom is -0.313 e. The summed E-state index contributed by atoms with van der Waals surface area (Å²) >= 11 is 0. The largest absolute Gasteiger partial charge is 0.313 e. The summed E-state index contributed by atoms with van der Waals surface area (Å²) in [6, 6.07) is 0.692. The van der Waals surface area contributed by atoms with Crippen LogP contribution in [0.3, 0.4) is 0 Å². The molecular weight excluding hydrogens is 246 g/mol. The molecule has 1 aromatic heterocycles. The van der Waals surface area contributed by atoms with Gasteiger partial charge in [0.2, 0.25) is 0 Å². The van der Waals surface area contributed by atoms with Crippen molar-refractivity contribution in [3.63, 3.8) is 0 Å². The first-order chi connectivity index (χ1) is 9.78. The minimum atomic E-state index is 0.692. The lowest BCUT2D eigenvalue weighted by Crippen LogP contribution is -2.35. The van der Waals surface area contributed by atoms with Gasteiger partial charge in [0.1, 0.15) is 0 Å². The van der Waals surface area contributed by atoms with E-state index < -0.39 is 0 Å². The topological polar surface area (TPSA) is 29.9 Å². The molecule has 0 saturated heterocycles. The summed E-state index contributed by atoms with van der Waals surface area (Å²) in [5.41, 5.74) is 1.40. The Labute approximate surface area is 122 Å². The zero-order chi connectivity index (χ0) is 13.7. The summed E-state index contributed by atoms with van der Waals surface area (Å²) < 4.78 is 1.93. The maximum Gasteiger partial charge on any atom is 0.0522 e. The molecule has 3 fully saturated rings. The van der Waals surface area contributed by atoms with Crippen LogP contribution in [0.1, 0.15) is 38.2 Å². The Morgan fingerprint density at radius 2 is 2.10 bits per heavy atom. The van der Waals surface area contributed by atoms with Crippen molar-refractivity contribution in [3.05, 3.63) is 18.0 Å². The molecular formula is C17H27N3. The number of hydrogen-bond acceptors (Lipinski definition) is 2. The molecule has 5 atom stereocenters. The molecule has 0 aliphatic heterocycles. The number of fused-ring (bicyclic) bond motifs is 5. The van der Waals surface area contributed by atoms with Gasteiger partial charge in [-0.15, -0.1) is 0 Å². The molecule has 3 aliphatic carbocycles. The van der Waals surface area contributed by atoms with E-state index in [1.54, 1.807) is 6.42 Å². The molecule has 0 spiro atoms. The zero-order valence-corrected chi connectivity index (χ0v) is 12.8. The fourth-order valence-electron chi connectivity index (χ4n) is 5.44. The number of nitrogens with zero attached hydrogens (tertiary/aromatic N) is 2. The predicted octanol–water partition coefficient (Wildman–Crippen LogP) is 2.62.